The van der Waals surface area contributed by atoms with Crippen molar-refractivity contribution >= 4 is 11.7 Å². The second-order valence-corrected chi connectivity index (χ2v) is 8.18. The SMILES string of the molecule is CC(C)(C)c1cc(NC(=O)Cn2c(-c3ccccc3)noc2=O)n(-c2ccccc2)n1. The molecular weight excluding hydrogens is 394 g/mol. The average Bonchev–Trinajstić information content (AvgIpc) is 3.33. The smallest absolute Gasteiger partial charge is 0.309 e. The molecule has 2 aromatic heterocycles. The zero-order chi connectivity index (χ0) is 22.0. The Morgan fingerprint density at radius 2 is 1.68 bits per heavy atom. The minimum absolute atomic E-state index is 0.203. The van der Waals surface area contributed by atoms with Gasteiger partial charge >= 0.3 is 5.76 Å². The summed E-state index contributed by atoms with van der Waals surface area (Å²) in [5.41, 5.74) is 2.13. The van der Waals surface area contributed by atoms with E-state index in [2.05, 4.69) is 36.3 Å². The van der Waals surface area contributed by atoms with E-state index in [9.17, 15) is 9.59 Å². The highest BCUT2D eigenvalue weighted by atomic mass is 16.5. The van der Waals surface area contributed by atoms with E-state index < -0.39 is 5.76 Å². The van der Waals surface area contributed by atoms with Crippen molar-refractivity contribution in [1.29, 1.82) is 0 Å². The molecule has 0 fully saturated rings. The van der Waals surface area contributed by atoms with Gasteiger partial charge in [0.25, 0.3) is 0 Å². The van der Waals surface area contributed by atoms with Crippen LogP contribution in [-0.2, 0) is 16.8 Å². The predicted octanol–water partition coefficient (Wildman–Crippen LogP) is 3.63. The van der Waals surface area contributed by atoms with Crippen molar-refractivity contribution in [2.45, 2.75) is 32.7 Å². The van der Waals surface area contributed by atoms with E-state index in [1.807, 2.05) is 54.6 Å². The second kappa shape index (κ2) is 8.06. The zero-order valence-corrected chi connectivity index (χ0v) is 17.6. The second-order valence-electron chi connectivity index (χ2n) is 8.18. The lowest BCUT2D eigenvalue weighted by Gasteiger charge is -2.14. The highest BCUT2D eigenvalue weighted by Crippen LogP contribution is 2.26. The normalized spacial score (nSPS) is 11.5. The van der Waals surface area contributed by atoms with Gasteiger partial charge in [0.05, 0.1) is 11.4 Å². The number of carbonyl (C=O) groups excluding carboxylic acids is 1. The Hall–Kier alpha value is -3.94. The number of rotatable bonds is 5. The standard InChI is InChI=1S/C23H23N5O3/c1-23(2,3)18-14-19(28(25-18)17-12-8-5-9-13-17)24-20(29)15-27-21(26-31-22(27)30)16-10-6-4-7-11-16/h4-14H,15H2,1-3H3,(H,24,29). The molecule has 0 unspecified atom stereocenters. The number of benzene rings is 2. The molecule has 0 bridgehead atoms. The van der Waals surface area contributed by atoms with Crippen molar-refractivity contribution in [2.75, 3.05) is 5.32 Å². The molecule has 1 amide bonds. The summed E-state index contributed by atoms with van der Waals surface area (Å²) in [6, 6.07) is 20.5. The van der Waals surface area contributed by atoms with Crippen LogP contribution in [0.5, 0.6) is 0 Å². The summed E-state index contributed by atoms with van der Waals surface area (Å²) >= 11 is 0. The van der Waals surface area contributed by atoms with E-state index in [0.717, 1.165) is 11.4 Å². The van der Waals surface area contributed by atoms with Crippen LogP contribution in [0.25, 0.3) is 17.1 Å². The number of anilines is 1. The quantitative estimate of drug-likeness (QED) is 0.535. The number of hydrogen-bond donors (Lipinski definition) is 1. The molecule has 0 saturated heterocycles. The van der Waals surface area contributed by atoms with Gasteiger partial charge in [-0.05, 0) is 12.1 Å². The lowest BCUT2D eigenvalue weighted by Crippen LogP contribution is -2.26. The van der Waals surface area contributed by atoms with Crippen molar-refractivity contribution in [1.82, 2.24) is 19.5 Å². The van der Waals surface area contributed by atoms with Crippen molar-refractivity contribution in [3.8, 4) is 17.1 Å². The van der Waals surface area contributed by atoms with Gasteiger partial charge in [-0.1, -0.05) is 74.5 Å². The molecule has 4 rings (SSSR count). The van der Waals surface area contributed by atoms with Crippen LogP contribution in [0.3, 0.4) is 0 Å². The van der Waals surface area contributed by atoms with Crippen molar-refractivity contribution in [2.24, 2.45) is 0 Å². The molecule has 0 saturated carbocycles. The van der Waals surface area contributed by atoms with Gasteiger partial charge in [0, 0.05) is 17.0 Å². The summed E-state index contributed by atoms with van der Waals surface area (Å²) in [5.74, 6) is -0.263. The lowest BCUT2D eigenvalue weighted by atomic mass is 9.92. The molecule has 2 heterocycles. The Morgan fingerprint density at radius 3 is 2.32 bits per heavy atom. The number of nitrogens with one attached hydrogen (secondary N) is 1. The number of amides is 1. The molecule has 31 heavy (non-hydrogen) atoms. The lowest BCUT2D eigenvalue weighted by molar-refractivity contribution is -0.116. The highest BCUT2D eigenvalue weighted by molar-refractivity contribution is 5.90. The topological polar surface area (TPSA) is 95.0 Å². The van der Waals surface area contributed by atoms with Gasteiger partial charge in [0.2, 0.25) is 5.91 Å². The number of para-hydroxylation sites is 1. The average molecular weight is 417 g/mol. The van der Waals surface area contributed by atoms with E-state index in [0.29, 0.717) is 17.2 Å². The Kier molecular flexibility index (Phi) is 5.29. The minimum atomic E-state index is -0.694. The molecule has 8 nitrogen and oxygen atoms in total. The minimum Gasteiger partial charge on any atom is -0.309 e. The Bertz CT molecular complexity index is 1250. The van der Waals surface area contributed by atoms with E-state index in [4.69, 9.17) is 4.52 Å². The molecule has 0 radical (unpaired) electrons. The third-order valence-corrected chi connectivity index (χ3v) is 4.77. The Labute approximate surface area is 179 Å². The first-order valence-electron chi connectivity index (χ1n) is 9.91. The first-order chi connectivity index (χ1) is 14.8. The fourth-order valence-electron chi connectivity index (χ4n) is 3.13. The highest BCUT2D eigenvalue weighted by Gasteiger charge is 2.22. The van der Waals surface area contributed by atoms with Crippen LogP contribution in [-0.4, -0.2) is 25.4 Å². The molecule has 158 valence electrons. The van der Waals surface area contributed by atoms with Crippen LogP contribution >= 0.6 is 0 Å². The van der Waals surface area contributed by atoms with Crippen LogP contribution in [0.15, 0.2) is 76.0 Å². The summed E-state index contributed by atoms with van der Waals surface area (Å²) in [6.45, 7) is 5.93. The maximum Gasteiger partial charge on any atom is 0.442 e. The van der Waals surface area contributed by atoms with Crippen LogP contribution in [0.1, 0.15) is 26.5 Å². The molecule has 2 aromatic carbocycles. The van der Waals surface area contributed by atoms with Gasteiger partial charge in [0.15, 0.2) is 5.82 Å². The summed E-state index contributed by atoms with van der Waals surface area (Å²) in [6.07, 6.45) is 0. The van der Waals surface area contributed by atoms with Crippen LogP contribution in [0, 0.1) is 0 Å². The third-order valence-electron chi connectivity index (χ3n) is 4.77. The van der Waals surface area contributed by atoms with E-state index >= 15 is 0 Å². The first-order valence-corrected chi connectivity index (χ1v) is 9.91. The molecule has 0 aliphatic rings. The summed E-state index contributed by atoms with van der Waals surface area (Å²) < 4.78 is 7.70. The molecule has 1 N–H and O–H groups in total. The van der Waals surface area contributed by atoms with Gasteiger partial charge in [-0.15, -0.1) is 0 Å². The number of aromatic nitrogens is 4. The first kappa shape index (κ1) is 20.3. The maximum absolute atomic E-state index is 12.9. The van der Waals surface area contributed by atoms with Crippen LogP contribution in [0.4, 0.5) is 5.82 Å². The van der Waals surface area contributed by atoms with Crippen LogP contribution < -0.4 is 11.1 Å². The van der Waals surface area contributed by atoms with E-state index in [1.54, 1.807) is 16.8 Å². The van der Waals surface area contributed by atoms with Gasteiger partial charge < -0.3 is 5.32 Å². The molecule has 0 spiro atoms. The molecule has 0 atom stereocenters. The molecule has 0 aliphatic heterocycles. The molecule has 4 aromatic rings. The fraction of sp³-hybridized carbons (Fsp3) is 0.217. The van der Waals surface area contributed by atoms with E-state index in [1.165, 1.54) is 4.57 Å². The summed E-state index contributed by atoms with van der Waals surface area (Å²) in [7, 11) is 0. The van der Waals surface area contributed by atoms with Gasteiger partial charge in [-0.25, -0.2) is 14.0 Å². The summed E-state index contributed by atoms with van der Waals surface area (Å²) in [4.78, 5) is 25.0. The van der Waals surface area contributed by atoms with Gasteiger partial charge in [-0.2, -0.15) is 5.10 Å². The van der Waals surface area contributed by atoms with Gasteiger partial charge in [-0.3, -0.25) is 9.32 Å². The maximum atomic E-state index is 12.9. The zero-order valence-electron chi connectivity index (χ0n) is 17.6. The summed E-state index contributed by atoms with van der Waals surface area (Å²) in [5, 5.41) is 11.4. The third kappa shape index (κ3) is 4.32. The molecule has 0 aliphatic carbocycles. The molecular formula is C23H23N5O3. The fourth-order valence-corrected chi connectivity index (χ4v) is 3.13. The van der Waals surface area contributed by atoms with Gasteiger partial charge in [0.1, 0.15) is 12.4 Å². The number of carbonyl (C=O) groups is 1. The van der Waals surface area contributed by atoms with Crippen molar-refractivity contribution < 1.29 is 9.32 Å². The predicted molar refractivity (Wildman–Crippen MR) is 117 cm³/mol. The molecule has 8 heteroatoms. The number of hydrogen-bond acceptors (Lipinski definition) is 5. The van der Waals surface area contributed by atoms with Crippen molar-refractivity contribution in [3.63, 3.8) is 0 Å². The number of nitrogens with zero attached hydrogens (tertiary/aromatic N) is 4. The Balaban J connectivity index is 1.64. The monoisotopic (exact) mass is 417 g/mol. The van der Waals surface area contributed by atoms with Crippen molar-refractivity contribution in [3.05, 3.63) is 83.0 Å². The van der Waals surface area contributed by atoms with Crippen LogP contribution in [0.2, 0.25) is 0 Å². The Morgan fingerprint density at radius 1 is 1.03 bits per heavy atom. The largest absolute Gasteiger partial charge is 0.442 e. The van der Waals surface area contributed by atoms with E-state index in [-0.39, 0.29) is 17.9 Å².